The van der Waals surface area contributed by atoms with E-state index in [-0.39, 0.29) is 0 Å². The van der Waals surface area contributed by atoms with Crippen molar-refractivity contribution in [2.45, 2.75) is 13.3 Å². The molecular formula is C9H20N2S. The Hall–Kier alpha value is 0.270. The molecule has 2 N–H and O–H groups in total. The van der Waals surface area contributed by atoms with Gasteiger partial charge in [0.15, 0.2) is 0 Å². The topological polar surface area (TPSA) is 29.3 Å². The van der Waals surface area contributed by atoms with Crippen molar-refractivity contribution in [3.05, 3.63) is 0 Å². The van der Waals surface area contributed by atoms with E-state index in [1.807, 2.05) is 0 Å². The number of hydrogen-bond acceptors (Lipinski definition) is 3. The fourth-order valence-electron chi connectivity index (χ4n) is 1.95. The highest BCUT2D eigenvalue weighted by Gasteiger charge is 2.26. The molecule has 0 spiro atoms. The van der Waals surface area contributed by atoms with Gasteiger partial charge < -0.3 is 10.6 Å². The van der Waals surface area contributed by atoms with Crippen LogP contribution in [0.1, 0.15) is 13.3 Å². The monoisotopic (exact) mass is 188 g/mol. The second-order valence-corrected chi connectivity index (χ2v) is 3.99. The fraction of sp³-hybridized carbons (Fsp3) is 1.00. The number of nitrogens with zero attached hydrogens (tertiary/aromatic N) is 1. The molecule has 0 radical (unpaired) electrons. The van der Waals surface area contributed by atoms with Crippen molar-refractivity contribution in [3.8, 4) is 0 Å². The number of hydrogen-bond donors (Lipinski definition) is 2. The Kier molecular flexibility index (Phi) is 4.40. The Morgan fingerprint density at radius 2 is 2.42 bits per heavy atom. The summed E-state index contributed by atoms with van der Waals surface area (Å²) in [5, 5.41) is 0. The van der Waals surface area contributed by atoms with Crippen LogP contribution in [0, 0.1) is 11.8 Å². The van der Waals surface area contributed by atoms with Gasteiger partial charge in [0.2, 0.25) is 0 Å². The number of nitrogens with two attached hydrogens (primary N) is 1. The maximum absolute atomic E-state index is 5.68. The van der Waals surface area contributed by atoms with Gasteiger partial charge in [-0.3, -0.25) is 0 Å². The molecule has 0 saturated carbocycles. The van der Waals surface area contributed by atoms with E-state index in [0.29, 0.717) is 5.92 Å². The minimum atomic E-state index is 0.630. The predicted octanol–water partition coefficient (Wildman–Crippen LogP) is 0.833. The summed E-state index contributed by atoms with van der Waals surface area (Å²) in [7, 11) is 0. The molecule has 1 heterocycles. The van der Waals surface area contributed by atoms with Gasteiger partial charge in [0.05, 0.1) is 0 Å². The van der Waals surface area contributed by atoms with E-state index in [4.69, 9.17) is 5.73 Å². The molecule has 0 amide bonds. The first-order valence-corrected chi connectivity index (χ1v) is 5.48. The lowest BCUT2D eigenvalue weighted by Crippen LogP contribution is -2.28. The summed E-state index contributed by atoms with van der Waals surface area (Å²) in [5.74, 6) is 2.37. The molecule has 1 fully saturated rings. The van der Waals surface area contributed by atoms with Gasteiger partial charge in [0.25, 0.3) is 0 Å². The molecule has 2 nitrogen and oxygen atoms in total. The largest absolute Gasteiger partial charge is 0.330 e. The summed E-state index contributed by atoms with van der Waals surface area (Å²) in [6, 6.07) is 0. The summed E-state index contributed by atoms with van der Waals surface area (Å²) in [5.41, 5.74) is 5.68. The quantitative estimate of drug-likeness (QED) is 0.640. The Labute approximate surface area is 80.9 Å². The predicted molar refractivity (Wildman–Crippen MR) is 56.6 cm³/mol. The Balaban J connectivity index is 2.34. The van der Waals surface area contributed by atoms with Crippen LogP contribution in [0.15, 0.2) is 0 Å². The van der Waals surface area contributed by atoms with E-state index in [1.54, 1.807) is 0 Å². The van der Waals surface area contributed by atoms with E-state index in [9.17, 15) is 0 Å². The van der Waals surface area contributed by atoms with Gasteiger partial charge in [-0.2, -0.15) is 12.6 Å². The molecule has 3 heteroatoms. The fourth-order valence-corrected chi connectivity index (χ4v) is 2.40. The first-order valence-electron chi connectivity index (χ1n) is 4.85. The van der Waals surface area contributed by atoms with Gasteiger partial charge in [-0.1, -0.05) is 6.92 Å². The minimum Gasteiger partial charge on any atom is -0.330 e. The lowest BCUT2D eigenvalue weighted by atomic mass is 9.93. The highest BCUT2D eigenvalue weighted by atomic mass is 32.1. The molecule has 1 aliphatic rings. The van der Waals surface area contributed by atoms with Crippen LogP contribution in [0.25, 0.3) is 0 Å². The van der Waals surface area contributed by atoms with Gasteiger partial charge in [-0.25, -0.2) is 0 Å². The molecule has 1 saturated heterocycles. The van der Waals surface area contributed by atoms with Crippen LogP contribution in [0.5, 0.6) is 0 Å². The summed E-state index contributed by atoms with van der Waals surface area (Å²) in [4.78, 5) is 2.50. The second kappa shape index (κ2) is 5.10. The standard InChI is InChI=1S/C9H20N2S/c1-2-11-4-3-8(6-11)9(5-10)7-12/h8-9,12H,2-7,10H2,1H3. The summed E-state index contributed by atoms with van der Waals surface area (Å²) in [6.45, 7) is 6.69. The van der Waals surface area contributed by atoms with Crippen molar-refractivity contribution in [2.24, 2.45) is 17.6 Å². The molecular weight excluding hydrogens is 168 g/mol. The van der Waals surface area contributed by atoms with Gasteiger partial charge in [-0.05, 0) is 43.6 Å². The highest BCUT2D eigenvalue weighted by Crippen LogP contribution is 2.23. The van der Waals surface area contributed by atoms with Crippen molar-refractivity contribution in [1.82, 2.24) is 4.90 Å². The smallest absolute Gasteiger partial charge is 0.00134 e. The molecule has 2 atom stereocenters. The lowest BCUT2D eigenvalue weighted by Gasteiger charge is -2.20. The zero-order chi connectivity index (χ0) is 8.97. The van der Waals surface area contributed by atoms with Gasteiger partial charge in [0.1, 0.15) is 0 Å². The van der Waals surface area contributed by atoms with E-state index >= 15 is 0 Å². The zero-order valence-electron chi connectivity index (χ0n) is 7.87. The third-order valence-electron chi connectivity index (χ3n) is 2.96. The average Bonchev–Trinajstić information content (AvgIpc) is 2.55. The molecule has 1 aliphatic heterocycles. The zero-order valence-corrected chi connectivity index (χ0v) is 8.76. The molecule has 1 rings (SSSR count). The Morgan fingerprint density at radius 3 is 2.83 bits per heavy atom. The number of thiol groups is 1. The second-order valence-electron chi connectivity index (χ2n) is 3.62. The summed E-state index contributed by atoms with van der Waals surface area (Å²) >= 11 is 4.33. The van der Waals surface area contributed by atoms with Gasteiger partial charge >= 0.3 is 0 Å². The number of rotatable bonds is 4. The summed E-state index contributed by atoms with van der Waals surface area (Å²) < 4.78 is 0. The van der Waals surface area contributed by atoms with Gasteiger partial charge in [-0.15, -0.1) is 0 Å². The maximum Gasteiger partial charge on any atom is 0.00134 e. The van der Waals surface area contributed by atoms with Crippen LogP contribution in [0.4, 0.5) is 0 Å². The van der Waals surface area contributed by atoms with Crippen molar-refractivity contribution in [3.63, 3.8) is 0 Å². The van der Waals surface area contributed by atoms with Gasteiger partial charge in [0, 0.05) is 6.54 Å². The first kappa shape index (κ1) is 10.4. The SMILES string of the molecule is CCN1CCC(C(CN)CS)C1. The van der Waals surface area contributed by atoms with E-state index in [1.165, 1.54) is 26.1 Å². The van der Waals surface area contributed by atoms with Crippen molar-refractivity contribution < 1.29 is 0 Å². The van der Waals surface area contributed by atoms with Crippen LogP contribution >= 0.6 is 12.6 Å². The first-order chi connectivity index (χ1) is 5.81. The molecule has 0 aromatic heterocycles. The molecule has 2 unspecified atom stereocenters. The van der Waals surface area contributed by atoms with Crippen molar-refractivity contribution in [1.29, 1.82) is 0 Å². The normalized spacial score (nSPS) is 27.8. The minimum absolute atomic E-state index is 0.630. The van der Waals surface area contributed by atoms with Crippen LogP contribution in [0.2, 0.25) is 0 Å². The Bertz CT molecular complexity index is 126. The molecule has 72 valence electrons. The van der Waals surface area contributed by atoms with Crippen LogP contribution in [-0.4, -0.2) is 36.8 Å². The third kappa shape index (κ3) is 2.38. The number of likely N-dealkylation sites (tertiary alicyclic amines) is 1. The van der Waals surface area contributed by atoms with E-state index < -0.39 is 0 Å². The van der Waals surface area contributed by atoms with E-state index in [0.717, 1.165) is 18.2 Å². The highest BCUT2D eigenvalue weighted by molar-refractivity contribution is 7.80. The van der Waals surface area contributed by atoms with Crippen LogP contribution in [0.3, 0.4) is 0 Å². The van der Waals surface area contributed by atoms with Crippen molar-refractivity contribution in [2.75, 3.05) is 31.9 Å². The maximum atomic E-state index is 5.68. The van der Waals surface area contributed by atoms with Crippen LogP contribution < -0.4 is 5.73 Å². The molecule has 0 aliphatic carbocycles. The molecule has 0 aromatic carbocycles. The molecule has 0 bridgehead atoms. The molecule has 0 aromatic rings. The lowest BCUT2D eigenvalue weighted by molar-refractivity contribution is 0.313. The third-order valence-corrected chi connectivity index (χ3v) is 3.43. The van der Waals surface area contributed by atoms with Crippen molar-refractivity contribution >= 4 is 12.6 Å². The molecule has 12 heavy (non-hydrogen) atoms. The van der Waals surface area contributed by atoms with Crippen LogP contribution in [-0.2, 0) is 0 Å². The van der Waals surface area contributed by atoms with E-state index in [2.05, 4.69) is 24.5 Å². The average molecular weight is 188 g/mol. The summed E-state index contributed by atoms with van der Waals surface area (Å²) in [6.07, 6.45) is 1.32. The Morgan fingerprint density at radius 1 is 1.67 bits per heavy atom.